The Morgan fingerprint density at radius 1 is 1.00 bits per heavy atom. The standard InChI is InChI=1S/C26H21N3OS/c27-16-18-8-1-2-10-20(18)21-11-3-4-12-22(21)26(30)29-15-7-9-19(17-29)25-28-23-13-5-6-14-24(23)31-25/h1-6,8,10-14,19H,7,9,15,17H2/t19-/m0/s1. The summed E-state index contributed by atoms with van der Waals surface area (Å²) < 4.78 is 1.19. The molecule has 4 nitrogen and oxygen atoms in total. The summed E-state index contributed by atoms with van der Waals surface area (Å²) in [4.78, 5) is 20.4. The second-order valence-corrected chi connectivity index (χ2v) is 8.88. The van der Waals surface area contributed by atoms with Crippen LogP contribution in [0.3, 0.4) is 0 Å². The van der Waals surface area contributed by atoms with Crippen molar-refractivity contribution in [3.05, 3.63) is 88.9 Å². The highest BCUT2D eigenvalue weighted by molar-refractivity contribution is 7.18. The number of benzene rings is 3. The molecule has 0 N–H and O–H groups in total. The third-order valence-corrected chi connectivity index (χ3v) is 7.06. The summed E-state index contributed by atoms with van der Waals surface area (Å²) in [6, 6.07) is 25.5. The fourth-order valence-corrected chi connectivity index (χ4v) is 5.41. The van der Waals surface area contributed by atoms with Crippen molar-refractivity contribution in [2.24, 2.45) is 0 Å². The molecule has 1 fully saturated rings. The van der Waals surface area contributed by atoms with Crippen LogP contribution in [0.2, 0.25) is 0 Å². The van der Waals surface area contributed by atoms with E-state index in [1.165, 1.54) is 4.70 Å². The van der Waals surface area contributed by atoms with Crippen molar-refractivity contribution in [3.8, 4) is 17.2 Å². The SMILES string of the molecule is N#Cc1ccccc1-c1ccccc1C(=O)N1CCC[C@H](c2nc3ccccc3s2)C1. The number of thiazole rings is 1. The summed E-state index contributed by atoms with van der Waals surface area (Å²) in [5.74, 6) is 0.280. The van der Waals surface area contributed by atoms with E-state index < -0.39 is 0 Å². The molecule has 0 radical (unpaired) electrons. The number of rotatable bonds is 3. The van der Waals surface area contributed by atoms with Crippen LogP contribution < -0.4 is 0 Å². The number of nitrogens with zero attached hydrogens (tertiary/aromatic N) is 3. The fourth-order valence-electron chi connectivity index (χ4n) is 4.32. The first-order chi connectivity index (χ1) is 15.2. The third-order valence-electron chi connectivity index (χ3n) is 5.86. The molecule has 1 aliphatic heterocycles. The molecule has 5 rings (SSSR count). The van der Waals surface area contributed by atoms with Crippen LogP contribution in [-0.4, -0.2) is 28.9 Å². The van der Waals surface area contributed by atoms with Crippen molar-refractivity contribution >= 4 is 27.5 Å². The summed E-state index contributed by atoms with van der Waals surface area (Å²) in [7, 11) is 0. The normalized spacial score (nSPS) is 16.2. The fraction of sp³-hybridized carbons (Fsp3) is 0.192. The van der Waals surface area contributed by atoms with Crippen LogP contribution in [-0.2, 0) is 0 Å². The van der Waals surface area contributed by atoms with Crippen LogP contribution in [0.25, 0.3) is 21.3 Å². The third kappa shape index (κ3) is 3.71. The molecule has 0 unspecified atom stereocenters. The maximum Gasteiger partial charge on any atom is 0.254 e. The maximum atomic E-state index is 13.6. The molecule has 0 bridgehead atoms. The number of amides is 1. The molecular weight excluding hydrogens is 402 g/mol. The van der Waals surface area contributed by atoms with E-state index in [-0.39, 0.29) is 11.8 Å². The van der Waals surface area contributed by atoms with Gasteiger partial charge in [0.15, 0.2) is 0 Å². The molecule has 0 aliphatic carbocycles. The number of carbonyl (C=O) groups excluding carboxylic acids is 1. The highest BCUT2D eigenvalue weighted by atomic mass is 32.1. The van der Waals surface area contributed by atoms with Crippen molar-refractivity contribution in [2.45, 2.75) is 18.8 Å². The van der Waals surface area contributed by atoms with Gasteiger partial charge in [0.25, 0.3) is 5.91 Å². The van der Waals surface area contributed by atoms with E-state index in [1.807, 2.05) is 65.6 Å². The average molecular weight is 424 g/mol. The van der Waals surface area contributed by atoms with Crippen LogP contribution >= 0.6 is 11.3 Å². The second-order valence-electron chi connectivity index (χ2n) is 7.81. The van der Waals surface area contributed by atoms with Gasteiger partial charge in [0, 0.05) is 30.1 Å². The lowest BCUT2D eigenvalue weighted by atomic mass is 9.93. The van der Waals surface area contributed by atoms with Gasteiger partial charge in [-0.15, -0.1) is 11.3 Å². The first-order valence-electron chi connectivity index (χ1n) is 10.5. The monoisotopic (exact) mass is 423 g/mol. The molecule has 3 aromatic carbocycles. The Balaban J connectivity index is 1.45. The molecule has 1 aromatic heterocycles. The smallest absolute Gasteiger partial charge is 0.254 e. The number of hydrogen-bond donors (Lipinski definition) is 0. The van der Waals surface area contributed by atoms with Gasteiger partial charge >= 0.3 is 0 Å². The minimum absolute atomic E-state index is 0.0224. The minimum Gasteiger partial charge on any atom is -0.338 e. The van der Waals surface area contributed by atoms with Crippen molar-refractivity contribution in [1.29, 1.82) is 5.26 Å². The van der Waals surface area contributed by atoms with Crippen LogP contribution in [0.5, 0.6) is 0 Å². The molecule has 0 saturated carbocycles. The largest absolute Gasteiger partial charge is 0.338 e. The van der Waals surface area contributed by atoms with Gasteiger partial charge in [0.2, 0.25) is 0 Å². The lowest BCUT2D eigenvalue weighted by Crippen LogP contribution is -2.39. The highest BCUT2D eigenvalue weighted by Crippen LogP contribution is 2.34. The van der Waals surface area contributed by atoms with Crippen molar-refractivity contribution < 1.29 is 4.79 Å². The first-order valence-corrected chi connectivity index (χ1v) is 11.3. The van der Waals surface area contributed by atoms with Crippen molar-refractivity contribution in [1.82, 2.24) is 9.88 Å². The molecule has 1 saturated heterocycles. The number of fused-ring (bicyclic) bond motifs is 1. The molecule has 2 heterocycles. The zero-order valence-electron chi connectivity index (χ0n) is 17.0. The van der Waals surface area contributed by atoms with E-state index in [0.29, 0.717) is 17.7 Å². The van der Waals surface area contributed by atoms with Gasteiger partial charge in [-0.1, -0.05) is 48.5 Å². The lowest BCUT2D eigenvalue weighted by Gasteiger charge is -2.32. The topological polar surface area (TPSA) is 57.0 Å². The van der Waals surface area contributed by atoms with E-state index in [9.17, 15) is 10.1 Å². The number of aromatic nitrogens is 1. The second kappa shape index (κ2) is 8.33. The highest BCUT2D eigenvalue weighted by Gasteiger charge is 2.28. The zero-order chi connectivity index (χ0) is 21.2. The minimum atomic E-state index is 0.0224. The molecule has 31 heavy (non-hydrogen) atoms. The molecule has 1 aliphatic rings. The Morgan fingerprint density at radius 2 is 1.74 bits per heavy atom. The predicted molar refractivity (Wildman–Crippen MR) is 124 cm³/mol. The summed E-state index contributed by atoms with van der Waals surface area (Å²) in [6.07, 6.45) is 2.01. The van der Waals surface area contributed by atoms with Gasteiger partial charge in [0.05, 0.1) is 26.9 Å². The predicted octanol–water partition coefficient (Wildman–Crippen LogP) is 5.85. The van der Waals surface area contributed by atoms with E-state index in [2.05, 4.69) is 12.1 Å². The summed E-state index contributed by atoms with van der Waals surface area (Å²) in [5, 5.41) is 10.6. The van der Waals surface area contributed by atoms with Crippen LogP contribution in [0.1, 0.15) is 39.7 Å². The van der Waals surface area contributed by atoms with E-state index >= 15 is 0 Å². The maximum absolute atomic E-state index is 13.6. The van der Waals surface area contributed by atoms with Crippen molar-refractivity contribution in [2.75, 3.05) is 13.1 Å². The zero-order valence-corrected chi connectivity index (χ0v) is 17.8. The number of para-hydroxylation sites is 1. The van der Waals surface area contributed by atoms with E-state index in [0.717, 1.165) is 41.0 Å². The number of hydrogen-bond acceptors (Lipinski definition) is 4. The average Bonchev–Trinajstić information content (AvgIpc) is 3.28. The molecule has 4 aromatic rings. The number of carbonyl (C=O) groups is 1. The molecule has 152 valence electrons. The molecular formula is C26H21N3OS. The van der Waals surface area contributed by atoms with Crippen molar-refractivity contribution in [3.63, 3.8) is 0 Å². The van der Waals surface area contributed by atoms with Gasteiger partial charge in [-0.25, -0.2) is 4.98 Å². The van der Waals surface area contributed by atoms with E-state index in [1.54, 1.807) is 17.4 Å². The van der Waals surface area contributed by atoms with Gasteiger partial charge in [-0.3, -0.25) is 4.79 Å². The Morgan fingerprint density at radius 3 is 2.58 bits per heavy atom. The van der Waals surface area contributed by atoms with Gasteiger partial charge in [-0.2, -0.15) is 5.26 Å². The van der Waals surface area contributed by atoms with Crippen LogP contribution in [0, 0.1) is 11.3 Å². The molecule has 5 heteroatoms. The molecule has 1 atom stereocenters. The van der Waals surface area contributed by atoms with E-state index in [4.69, 9.17) is 4.98 Å². The lowest BCUT2D eigenvalue weighted by molar-refractivity contribution is 0.0708. The quantitative estimate of drug-likeness (QED) is 0.415. The van der Waals surface area contributed by atoms with Gasteiger partial charge < -0.3 is 4.90 Å². The summed E-state index contributed by atoms with van der Waals surface area (Å²) >= 11 is 1.73. The number of likely N-dealkylation sites (tertiary alicyclic amines) is 1. The Hall–Kier alpha value is -3.49. The number of piperidine rings is 1. The summed E-state index contributed by atoms with van der Waals surface area (Å²) in [5.41, 5.74) is 3.87. The summed E-state index contributed by atoms with van der Waals surface area (Å²) in [6.45, 7) is 1.42. The van der Waals surface area contributed by atoms with Crippen LogP contribution in [0.15, 0.2) is 72.8 Å². The van der Waals surface area contributed by atoms with Gasteiger partial charge in [-0.05, 0) is 42.7 Å². The Bertz CT molecular complexity index is 1270. The van der Waals surface area contributed by atoms with Crippen LogP contribution in [0.4, 0.5) is 0 Å². The Kier molecular flexibility index (Phi) is 5.23. The molecule has 1 amide bonds. The Labute approximate surface area is 185 Å². The first kappa shape index (κ1) is 19.5. The number of nitriles is 1. The molecule has 0 spiro atoms. The van der Waals surface area contributed by atoms with Gasteiger partial charge in [0.1, 0.15) is 0 Å².